The van der Waals surface area contributed by atoms with Crippen molar-refractivity contribution < 1.29 is 9.90 Å². The van der Waals surface area contributed by atoms with Gasteiger partial charge in [0.2, 0.25) is 0 Å². The van der Waals surface area contributed by atoms with Gasteiger partial charge in [-0.2, -0.15) is 5.10 Å². The zero-order valence-corrected chi connectivity index (χ0v) is 12.4. The highest BCUT2D eigenvalue weighted by Gasteiger charge is 2.15. The first kappa shape index (κ1) is 15.9. The Balaban J connectivity index is 1.87. The van der Waals surface area contributed by atoms with Gasteiger partial charge in [0.25, 0.3) is 5.91 Å². The van der Waals surface area contributed by atoms with Crippen LogP contribution in [-0.2, 0) is 4.79 Å². The van der Waals surface area contributed by atoms with Crippen molar-refractivity contribution in [3.05, 3.63) is 76.8 Å². The largest absolute Gasteiger partial charge is 0.378 e. The van der Waals surface area contributed by atoms with Gasteiger partial charge in [0.1, 0.15) is 0 Å². The first-order valence-electron chi connectivity index (χ1n) is 6.65. The minimum absolute atomic E-state index is 0.516. The van der Waals surface area contributed by atoms with Crippen molar-refractivity contribution >= 4 is 29.8 Å². The van der Waals surface area contributed by atoms with Crippen LogP contribution in [0.15, 0.2) is 65.8 Å². The average Bonchev–Trinajstić information content (AvgIpc) is 2.56. The predicted octanol–water partition coefficient (Wildman–Crippen LogP) is 3.19. The number of carbonyl (C=O) groups is 1. The summed E-state index contributed by atoms with van der Waals surface area (Å²) in [6.07, 6.45) is 3.59. The Morgan fingerprint density at radius 3 is 2.55 bits per heavy atom. The molecule has 5 heteroatoms. The van der Waals surface area contributed by atoms with E-state index >= 15 is 0 Å². The van der Waals surface area contributed by atoms with Gasteiger partial charge in [-0.15, -0.1) is 0 Å². The molecule has 0 aromatic heterocycles. The van der Waals surface area contributed by atoms with Gasteiger partial charge in [0.05, 0.1) is 0 Å². The monoisotopic (exact) mass is 314 g/mol. The molecule has 1 atom stereocenters. The van der Waals surface area contributed by atoms with E-state index in [4.69, 9.17) is 11.6 Å². The number of hydrazone groups is 1. The second-order valence-corrected chi connectivity index (χ2v) is 4.86. The molecule has 2 rings (SSSR count). The van der Waals surface area contributed by atoms with Gasteiger partial charge >= 0.3 is 0 Å². The van der Waals surface area contributed by atoms with Gasteiger partial charge in [-0.05, 0) is 23.3 Å². The second-order valence-electron chi connectivity index (χ2n) is 4.45. The number of hydrogen-bond acceptors (Lipinski definition) is 3. The molecule has 0 fully saturated rings. The second kappa shape index (κ2) is 8.12. The lowest BCUT2D eigenvalue weighted by Crippen LogP contribution is -2.24. The first-order valence-corrected chi connectivity index (χ1v) is 7.03. The molecule has 1 amide bonds. The van der Waals surface area contributed by atoms with Crippen LogP contribution < -0.4 is 5.43 Å². The zero-order valence-electron chi connectivity index (χ0n) is 11.7. The Labute approximate surface area is 133 Å². The van der Waals surface area contributed by atoms with E-state index in [0.717, 1.165) is 5.56 Å². The van der Waals surface area contributed by atoms with Gasteiger partial charge in [-0.1, -0.05) is 66.2 Å². The molecule has 0 aliphatic carbocycles. The molecule has 0 bridgehead atoms. The lowest BCUT2D eigenvalue weighted by atomic mass is 10.1. The van der Waals surface area contributed by atoms with Crippen LogP contribution >= 0.6 is 11.6 Å². The number of nitrogens with one attached hydrogen (secondary N) is 1. The zero-order chi connectivity index (χ0) is 15.8. The predicted molar refractivity (Wildman–Crippen MR) is 88.5 cm³/mol. The highest BCUT2D eigenvalue weighted by molar-refractivity contribution is 6.32. The smallest absolute Gasteiger partial charge is 0.273 e. The quantitative estimate of drug-likeness (QED) is 0.657. The molecule has 0 spiro atoms. The number of nitrogens with zero attached hydrogens (tertiary/aromatic N) is 1. The number of hydrogen-bond donors (Lipinski definition) is 2. The van der Waals surface area contributed by atoms with Crippen molar-refractivity contribution in [2.24, 2.45) is 5.10 Å². The molecule has 0 saturated carbocycles. The Morgan fingerprint density at radius 1 is 1.14 bits per heavy atom. The summed E-state index contributed by atoms with van der Waals surface area (Å²) in [6.45, 7) is 0. The number of aliphatic hydroxyl groups excluding tert-OH is 1. The van der Waals surface area contributed by atoms with Crippen LogP contribution in [0.1, 0.15) is 17.2 Å². The van der Waals surface area contributed by atoms with E-state index in [2.05, 4.69) is 10.5 Å². The number of aliphatic hydroxyl groups is 1. The molecule has 2 aromatic rings. The van der Waals surface area contributed by atoms with Crippen LogP contribution in [0.2, 0.25) is 5.02 Å². The summed E-state index contributed by atoms with van der Waals surface area (Å²) < 4.78 is 0. The highest BCUT2D eigenvalue weighted by Crippen LogP contribution is 2.15. The van der Waals surface area contributed by atoms with E-state index in [1.165, 1.54) is 6.21 Å². The fraction of sp³-hybridized carbons (Fsp3) is 0.0588. The molecule has 2 aromatic carbocycles. The molecule has 0 heterocycles. The van der Waals surface area contributed by atoms with Crippen LogP contribution in [0.3, 0.4) is 0 Å². The third-order valence-electron chi connectivity index (χ3n) is 2.88. The van der Waals surface area contributed by atoms with Crippen molar-refractivity contribution in [2.75, 3.05) is 0 Å². The lowest BCUT2D eigenvalue weighted by molar-refractivity contribution is -0.129. The first-order chi connectivity index (χ1) is 10.7. The summed E-state index contributed by atoms with van der Waals surface area (Å²) in [5.74, 6) is -0.589. The van der Waals surface area contributed by atoms with E-state index < -0.39 is 12.0 Å². The molecular formula is C17H15ClN2O2. The number of allylic oxidation sites excluding steroid dienone is 1. The van der Waals surface area contributed by atoms with E-state index in [1.807, 2.05) is 24.3 Å². The van der Waals surface area contributed by atoms with Crippen molar-refractivity contribution in [3.63, 3.8) is 0 Å². The minimum Gasteiger partial charge on any atom is -0.378 e. The summed E-state index contributed by atoms with van der Waals surface area (Å²) in [7, 11) is 0. The van der Waals surface area contributed by atoms with Crippen LogP contribution in [0.5, 0.6) is 0 Å². The third-order valence-corrected chi connectivity index (χ3v) is 3.22. The highest BCUT2D eigenvalue weighted by atomic mass is 35.5. The summed E-state index contributed by atoms with van der Waals surface area (Å²) in [4.78, 5) is 11.7. The molecule has 0 aliphatic heterocycles. The number of rotatable bonds is 5. The van der Waals surface area contributed by atoms with Crippen LogP contribution in [-0.4, -0.2) is 17.2 Å². The maximum absolute atomic E-state index is 11.7. The molecule has 0 unspecified atom stereocenters. The average molecular weight is 315 g/mol. The molecule has 0 radical (unpaired) electrons. The Kier molecular flexibility index (Phi) is 5.89. The number of halogens is 1. The van der Waals surface area contributed by atoms with E-state index in [9.17, 15) is 9.90 Å². The van der Waals surface area contributed by atoms with Gasteiger partial charge < -0.3 is 5.11 Å². The summed E-state index contributed by atoms with van der Waals surface area (Å²) in [5.41, 5.74) is 3.65. The van der Waals surface area contributed by atoms with Crippen LogP contribution in [0, 0.1) is 0 Å². The van der Waals surface area contributed by atoms with Crippen molar-refractivity contribution in [1.29, 1.82) is 0 Å². The molecule has 0 saturated heterocycles. The normalized spacial score (nSPS) is 12.6. The Morgan fingerprint density at radius 2 is 1.82 bits per heavy atom. The lowest BCUT2D eigenvalue weighted by Gasteiger charge is -2.08. The molecule has 4 nitrogen and oxygen atoms in total. The Hall–Kier alpha value is -2.43. The number of benzene rings is 2. The van der Waals surface area contributed by atoms with Crippen LogP contribution in [0.25, 0.3) is 6.08 Å². The summed E-state index contributed by atoms with van der Waals surface area (Å²) in [6, 6.07) is 16.0. The van der Waals surface area contributed by atoms with E-state index in [1.54, 1.807) is 42.5 Å². The molecule has 22 heavy (non-hydrogen) atoms. The summed E-state index contributed by atoms with van der Waals surface area (Å²) in [5, 5.41) is 14.2. The van der Waals surface area contributed by atoms with Gasteiger partial charge in [0.15, 0.2) is 6.10 Å². The third kappa shape index (κ3) is 4.55. The Bertz CT molecular complexity index is 684. The molecule has 2 N–H and O–H groups in total. The SMILES string of the molecule is O=C(N/N=C\C=C\c1ccccc1Cl)[C@@H](O)c1ccccc1. The van der Waals surface area contributed by atoms with E-state index in [0.29, 0.717) is 10.6 Å². The van der Waals surface area contributed by atoms with Crippen molar-refractivity contribution in [3.8, 4) is 0 Å². The molecular weight excluding hydrogens is 300 g/mol. The maximum atomic E-state index is 11.7. The number of carbonyl (C=O) groups excluding carboxylic acids is 1. The summed E-state index contributed by atoms with van der Waals surface area (Å²) >= 11 is 6.00. The fourth-order valence-electron chi connectivity index (χ4n) is 1.75. The van der Waals surface area contributed by atoms with Gasteiger partial charge in [-0.25, -0.2) is 5.43 Å². The van der Waals surface area contributed by atoms with Gasteiger partial charge in [-0.3, -0.25) is 4.79 Å². The topological polar surface area (TPSA) is 61.7 Å². The van der Waals surface area contributed by atoms with Crippen LogP contribution in [0.4, 0.5) is 0 Å². The van der Waals surface area contributed by atoms with Gasteiger partial charge in [0, 0.05) is 11.2 Å². The standard InChI is InChI=1S/C17H15ClN2O2/c18-15-11-5-4-7-13(15)10-6-12-19-20-17(22)16(21)14-8-2-1-3-9-14/h1-12,16,21H,(H,20,22)/b10-6+,19-12-/t16-/m0/s1. The molecule has 112 valence electrons. The van der Waals surface area contributed by atoms with E-state index in [-0.39, 0.29) is 0 Å². The minimum atomic E-state index is -1.24. The maximum Gasteiger partial charge on any atom is 0.273 e. The van der Waals surface area contributed by atoms with Crippen molar-refractivity contribution in [2.45, 2.75) is 6.10 Å². The van der Waals surface area contributed by atoms with Crippen molar-refractivity contribution in [1.82, 2.24) is 5.43 Å². The number of amides is 1. The molecule has 0 aliphatic rings. The fourth-order valence-corrected chi connectivity index (χ4v) is 1.95.